The first-order chi connectivity index (χ1) is 10.2. The highest BCUT2D eigenvalue weighted by Gasteiger charge is 2.10. The summed E-state index contributed by atoms with van der Waals surface area (Å²) < 4.78 is 0. The predicted molar refractivity (Wildman–Crippen MR) is 93.1 cm³/mol. The van der Waals surface area contributed by atoms with Crippen LogP contribution in [0.25, 0.3) is 10.8 Å². The molecule has 3 heteroatoms. The van der Waals surface area contributed by atoms with Crippen molar-refractivity contribution in [2.45, 2.75) is 10.9 Å². The first-order valence-corrected chi connectivity index (χ1v) is 8.22. The zero-order valence-electron chi connectivity index (χ0n) is 11.5. The molecule has 1 unspecified atom stereocenters. The fourth-order valence-electron chi connectivity index (χ4n) is 2.41. The van der Waals surface area contributed by atoms with Crippen LogP contribution in [0.2, 0.25) is 5.02 Å². The SMILES string of the molecule is NC(CSc1cccc(Cl)c1)c1cccc2ccccc12. The van der Waals surface area contributed by atoms with E-state index >= 15 is 0 Å². The van der Waals surface area contributed by atoms with Gasteiger partial charge < -0.3 is 5.73 Å². The molecule has 0 fully saturated rings. The molecule has 3 aromatic rings. The Hall–Kier alpha value is -1.48. The monoisotopic (exact) mass is 313 g/mol. The van der Waals surface area contributed by atoms with Crippen LogP contribution < -0.4 is 5.73 Å². The Kier molecular flexibility index (Phi) is 4.49. The van der Waals surface area contributed by atoms with E-state index in [1.807, 2.05) is 18.2 Å². The van der Waals surface area contributed by atoms with Crippen LogP contribution >= 0.6 is 23.4 Å². The van der Waals surface area contributed by atoms with Gasteiger partial charge in [-0.1, -0.05) is 60.1 Å². The maximum Gasteiger partial charge on any atom is 0.0417 e. The van der Waals surface area contributed by atoms with Gasteiger partial charge in [-0.25, -0.2) is 0 Å². The molecule has 106 valence electrons. The van der Waals surface area contributed by atoms with Crippen molar-refractivity contribution in [3.63, 3.8) is 0 Å². The lowest BCUT2D eigenvalue weighted by atomic mass is 10.0. The van der Waals surface area contributed by atoms with Crippen molar-refractivity contribution in [1.29, 1.82) is 0 Å². The minimum atomic E-state index is 0.0000756. The highest BCUT2D eigenvalue weighted by atomic mass is 35.5. The molecular formula is C18H16ClNS. The van der Waals surface area contributed by atoms with Gasteiger partial charge in [0.25, 0.3) is 0 Å². The molecule has 1 nitrogen and oxygen atoms in total. The van der Waals surface area contributed by atoms with Crippen LogP contribution in [0, 0.1) is 0 Å². The Balaban J connectivity index is 1.79. The van der Waals surface area contributed by atoms with Crippen molar-refractivity contribution < 1.29 is 0 Å². The van der Waals surface area contributed by atoms with Crippen LogP contribution in [0.3, 0.4) is 0 Å². The van der Waals surface area contributed by atoms with Crippen molar-refractivity contribution in [3.05, 3.63) is 77.3 Å². The van der Waals surface area contributed by atoms with Crippen LogP contribution in [0.1, 0.15) is 11.6 Å². The Morgan fingerprint density at radius 1 is 0.952 bits per heavy atom. The number of nitrogens with two attached hydrogens (primary N) is 1. The van der Waals surface area contributed by atoms with E-state index in [0.29, 0.717) is 0 Å². The minimum Gasteiger partial charge on any atom is -0.323 e. The minimum absolute atomic E-state index is 0.0000756. The fraction of sp³-hybridized carbons (Fsp3) is 0.111. The lowest BCUT2D eigenvalue weighted by Crippen LogP contribution is -2.13. The smallest absolute Gasteiger partial charge is 0.0417 e. The second-order valence-electron chi connectivity index (χ2n) is 4.94. The summed E-state index contributed by atoms with van der Waals surface area (Å²) in [6, 6.07) is 22.6. The zero-order valence-corrected chi connectivity index (χ0v) is 13.1. The van der Waals surface area contributed by atoms with Crippen molar-refractivity contribution in [3.8, 4) is 0 Å². The molecule has 1 atom stereocenters. The molecule has 21 heavy (non-hydrogen) atoms. The van der Waals surface area contributed by atoms with Crippen LogP contribution in [0.5, 0.6) is 0 Å². The third kappa shape index (κ3) is 3.41. The normalized spacial score (nSPS) is 12.5. The van der Waals surface area contributed by atoms with Crippen LogP contribution in [0.15, 0.2) is 71.6 Å². The summed E-state index contributed by atoms with van der Waals surface area (Å²) in [6.45, 7) is 0. The molecule has 3 aromatic carbocycles. The third-order valence-corrected chi connectivity index (χ3v) is 4.80. The molecular weight excluding hydrogens is 298 g/mol. The number of fused-ring (bicyclic) bond motifs is 1. The average molecular weight is 314 g/mol. The van der Waals surface area contributed by atoms with Crippen LogP contribution in [-0.4, -0.2) is 5.75 Å². The molecule has 0 amide bonds. The lowest BCUT2D eigenvalue weighted by molar-refractivity contribution is 0.840. The predicted octanol–water partition coefficient (Wildman–Crippen LogP) is 5.29. The van der Waals surface area contributed by atoms with Gasteiger partial charge >= 0.3 is 0 Å². The van der Waals surface area contributed by atoms with Crippen LogP contribution in [0.4, 0.5) is 0 Å². The Morgan fingerprint density at radius 3 is 2.57 bits per heavy atom. The molecule has 3 rings (SSSR count). The van der Waals surface area contributed by atoms with E-state index in [2.05, 4.69) is 48.5 Å². The van der Waals surface area contributed by atoms with Crippen molar-refractivity contribution in [2.75, 3.05) is 5.75 Å². The standard InChI is InChI=1S/C18H16ClNS/c19-14-7-4-8-15(11-14)21-12-18(20)17-10-3-6-13-5-1-2-9-16(13)17/h1-11,18H,12,20H2. The second-order valence-corrected chi connectivity index (χ2v) is 6.47. The van der Waals surface area contributed by atoms with E-state index in [9.17, 15) is 0 Å². The zero-order chi connectivity index (χ0) is 14.7. The molecule has 2 N–H and O–H groups in total. The maximum atomic E-state index is 6.39. The Morgan fingerprint density at radius 2 is 1.71 bits per heavy atom. The Bertz CT molecular complexity index is 752. The molecule has 0 aliphatic heterocycles. The van der Waals surface area contributed by atoms with E-state index in [1.165, 1.54) is 16.3 Å². The first-order valence-electron chi connectivity index (χ1n) is 6.85. The number of benzene rings is 3. The van der Waals surface area contributed by atoms with Crippen molar-refractivity contribution >= 4 is 34.1 Å². The molecule has 0 radical (unpaired) electrons. The average Bonchev–Trinajstić information content (AvgIpc) is 2.52. The van der Waals surface area contributed by atoms with Gasteiger partial charge in [0, 0.05) is 21.7 Å². The number of thioether (sulfide) groups is 1. The van der Waals surface area contributed by atoms with E-state index in [-0.39, 0.29) is 6.04 Å². The number of rotatable bonds is 4. The Labute approximate surface area is 134 Å². The van der Waals surface area contributed by atoms with Gasteiger partial charge in [0.1, 0.15) is 0 Å². The van der Waals surface area contributed by atoms with Crippen molar-refractivity contribution in [2.24, 2.45) is 5.73 Å². The number of hydrogen-bond donors (Lipinski definition) is 1. The summed E-state index contributed by atoms with van der Waals surface area (Å²) in [6.07, 6.45) is 0. The molecule has 0 bridgehead atoms. The topological polar surface area (TPSA) is 26.0 Å². The van der Waals surface area contributed by atoms with Crippen molar-refractivity contribution in [1.82, 2.24) is 0 Å². The second kappa shape index (κ2) is 6.52. The molecule has 0 aliphatic carbocycles. The maximum absolute atomic E-state index is 6.39. The van der Waals surface area contributed by atoms with Gasteiger partial charge in [-0.2, -0.15) is 0 Å². The van der Waals surface area contributed by atoms with E-state index in [1.54, 1.807) is 11.8 Å². The third-order valence-electron chi connectivity index (χ3n) is 3.45. The lowest BCUT2D eigenvalue weighted by Gasteiger charge is -2.14. The van der Waals surface area contributed by atoms with Gasteiger partial charge in [0.15, 0.2) is 0 Å². The van der Waals surface area contributed by atoms with E-state index in [4.69, 9.17) is 17.3 Å². The van der Waals surface area contributed by atoms with Crippen LogP contribution in [-0.2, 0) is 0 Å². The molecule has 0 saturated carbocycles. The van der Waals surface area contributed by atoms with Gasteiger partial charge in [-0.3, -0.25) is 0 Å². The van der Waals surface area contributed by atoms with Gasteiger partial charge in [0.2, 0.25) is 0 Å². The number of halogens is 1. The summed E-state index contributed by atoms with van der Waals surface area (Å²) in [5.41, 5.74) is 7.59. The fourth-order valence-corrected chi connectivity index (χ4v) is 3.60. The highest BCUT2D eigenvalue weighted by molar-refractivity contribution is 7.99. The van der Waals surface area contributed by atoms with Gasteiger partial charge in [-0.15, -0.1) is 11.8 Å². The summed E-state index contributed by atoms with van der Waals surface area (Å²) >= 11 is 7.75. The summed E-state index contributed by atoms with van der Waals surface area (Å²) in [4.78, 5) is 1.15. The quantitative estimate of drug-likeness (QED) is 0.663. The van der Waals surface area contributed by atoms with Gasteiger partial charge in [0.05, 0.1) is 0 Å². The molecule has 0 heterocycles. The molecule has 0 saturated heterocycles. The largest absolute Gasteiger partial charge is 0.323 e. The summed E-state index contributed by atoms with van der Waals surface area (Å²) in [7, 11) is 0. The highest BCUT2D eigenvalue weighted by Crippen LogP contribution is 2.29. The summed E-state index contributed by atoms with van der Waals surface area (Å²) in [5.74, 6) is 0.828. The van der Waals surface area contributed by atoms with E-state index < -0.39 is 0 Å². The first kappa shape index (κ1) is 14.5. The number of hydrogen-bond acceptors (Lipinski definition) is 2. The molecule has 0 spiro atoms. The van der Waals surface area contributed by atoms with E-state index in [0.717, 1.165) is 15.7 Å². The summed E-state index contributed by atoms with van der Waals surface area (Å²) in [5, 5.41) is 3.23. The van der Waals surface area contributed by atoms with Gasteiger partial charge in [-0.05, 0) is 34.5 Å². The molecule has 0 aromatic heterocycles. The molecule has 0 aliphatic rings.